The maximum Gasteiger partial charge on any atom is 0.310 e. The molecule has 1 fully saturated rings. The van der Waals surface area contributed by atoms with Gasteiger partial charge in [-0.05, 0) is 50.5 Å². The number of aryl methyl sites for hydroxylation is 1. The Hall–Kier alpha value is -1.11. The van der Waals surface area contributed by atoms with Crippen LogP contribution in [0.25, 0.3) is 0 Å². The number of aliphatic carboxylic acids is 1. The fourth-order valence-electron chi connectivity index (χ4n) is 2.61. The Morgan fingerprint density at radius 3 is 2.67 bits per heavy atom. The third-order valence-electron chi connectivity index (χ3n) is 3.93. The van der Waals surface area contributed by atoms with E-state index in [0.29, 0.717) is 30.0 Å². The van der Waals surface area contributed by atoms with Gasteiger partial charge in [0.15, 0.2) is 0 Å². The summed E-state index contributed by atoms with van der Waals surface area (Å²) >= 11 is 5.85. The minimum atomic E-state index is -3.70. The van der Waals surface area contributed by atoms with Gasteiger partial charge in [0.05, 0.1) is 10.3 Å². The zero-order valence-electron chi connectivity index (χ0n) is 12.0. The van der Waals surface area contributed by atoms with Gasteiger partial charge < -0.3 is 5.11 Å². The van der Waals surface area contributed by atoms with Crippen LogP contribution in [0.1, 0.15) is 25.3 Å². The van der Waals surface area contributed by atoms with Crippen LogP contribution in [0.3, 0.4) is 0 Å². The lowest BCUT2D eigenvalue weighted by molar-refractivity contribution is -0.150. The summed E-state index contributed by atoms with van der Waals surface area (Å²) in [4.78, 5) is 11.5. The van der Waals surface area contributed by atoms with Crippen molar-refractivity contribution in [3.05, 3.63) is 28.8 Å². The fraction of sp³-hybridized carbons (Fsp3) is 0.500. The van der Waals surface area contributed by atoms with Gasteiger partial charge in [0, 0.05) is 18.1 Å². The molecule has 1 aromatic carbocycles. The van der Waals surface area contributed by atoms with Crippen molar-refractivity contribution in [1.82, 2.24) is 4.31 Å². The highest BCUT2D eigenvalue weighted by Crippen LogP contribution is 2.33. The Morgan fingerprint density at radius 1 is 1.43 bits per heavy atom. The van der Waals surface area contributed by atoms with Crippen molar-refractivity contribution in [1.29, 1.82) is 0 Å². The largest absolute Gasteiger partial charge is 0.481 e. The predicted molar refractivity (Wildman–Crippen MR) is 79.9 cm³/mol. The van der Waals surface area contributed by atoms with E-state index in [0.717, 1.165) is 0 Å². The van der Waals surface area contributed by atoms with Gasteiger partial charge in [0.25, 0.3) is 0 Å². The number of nitrogens with zero attached hydrogens (tertiary/aromatic N) is 1. The summed E-state index contributed by atoms with van der Waals surface area (Å²) in [5.41, 5.74) is -0.476. The maximum atomic E-state index is 12.7. The van der Waals surface area contributed by atoms with Gasteiger partial charge in [-0.25, -0.2) is 8.42 Å². The molecule has 1 aromatic rings. The molecule has 116 valence electrons. The lowest BCUT2D eigenvalue weighted by atomic mass is 9.83. The minimum absolute atomic E-state index is 0.00721. The van der Waals surface area contributed by atoms with Crippen molar-refractivity contribution < 1.29 is 18.3 Å². The molecule has 0 spiro atoms. The standard InChI is InChI=1S/C14H18ClNO4S/c1-10-8-11(15)4-5-12(10)21(19,20)16-7-3-6-14(2,9-16)13(17)18/h4-5,8H,3,6-7,9H2,1-2H3,(H,17,18). The molecule has 5 nitrogen and oxygen atoms in total. The number of sulfonamides is 1. The minimum Gasteiger partial charge on any atom is -0.481 e. The van der Waals surface area contributed by atoms with Crippen molar-refractivity contribution in [2.75, 3.05) is 13.1 Å². The Bertz CT molecular complexity index is 674. The molecule has 0 bridgehead atoms. The summed E-state index contributed by atoms with van der Waals surface area (Å²) in [5, 5.41) is 9.78. The van der Waals surface area contributed by atoms with Gasteiger partial charge >= 0.3 is 5.97 Å². The summed E-state index contributed by atoms with van der Waals surface area (Å²) in [6.45, 7) is 3.60. The summed E-state index contributed by atoms with van der Waals surface area (Å²) < 4.78 is 26.7. The summed E-state index contributed by atoms with van der Waals surface area (Å²) in [6.07, 6.45) is 1.02. The molecular formula is C14H18ClNO4S. The first-order valence-electron chi connectivity index (χ1n) is 6.66. The van der Waals surface area contributed by atoms with Gasteiger partial charge in [0.2, 0.25) is 10.0 Å². The maximum absolute atomic E-state index is 12.7. The van der Waals surface area contributed by atoms with E-state index in [1.54, 1.807) is 19.9 Å². The smallest absolute Gasteiger partial charge is 0.310 e. The van der Waals surface area contributed by atoms with Crippen LogP contribution in [0.15, 0.2) is 23.1 Å². The average molecular weight is 332 g/mol. The van der Waals surface area contributed by atoms with Crippen molar-refractivity contribution >= 4 is 27.6 Å². The van der Waals surface area contributed by atoms with Gasteiger partial charge in [-0.1, -0.05) is 11.6 Å². The van der Waals surface area contributed by atoms with Gasteiger partial charge in [-0.3, -0.25) is 4.79 Å². The molecular weight excluding hydrogens is 314 g/mol. The fourth-order valence-corrected chi connectivity index (χ4v) is 4.65. The van der Waals surface area contributed by atoms with E-state index in [1.165, 1.54) is 16.4 Å². The monoisotopic (exact) mass is 331 g/mol. The van der Waals surface area contributed by atoms with Crippen molar-refractivity contribution in [3.63, 3.8) is 0 Å². The van der Waals surface area contributed by atoms with Crippen molar-refractivity contribution in [2.45, 2.75) is 31.6 Å². The first-order valence-corrected chi connectivity index (χ1v) is 8.48. The highest BCUT2D eigenvalue weighted by atomic mass is 35.5. The molecule has 0 aromatic heterocycles. The third kappa shape index (κ3) is 3.07. The Labute approximate surface area is 129 Å². The quantitative estimate of drug-likeness (QED) is 0.923. The second-order valence-electron chi connectivity index (χ2n) is 5.72. The number of carboxylic acids is 1. The number of piperidine rings is 1. The molecule has 1 unspecified atom stereocenters. The first kappa shape index (κ1) is 16.3. The van der Waals surface area contributed by atoms with E-state index in [1.807, 2.05) is 0 Å². The molecule has 21 heavy (non-hydrogen) atoms. The molecule has 0 radical (unpaired) electrons. The van der Waals surface area contributed by atoms with Crippen LogP contribution in [0.2, 0.25) is 5.02 Å². The van der Waals surface area contributed by atoms with Gasteiger partial charge in [0.1, 0.15) is 0 Å². The molecule has 1 aliphatic heterocycles. The molecule has 7 heteroatoms. The zero-order chi connectivity index (χ0) is 15.8. The normalized spacial score (nSPS) is 24.0. The molecule has 0 aliphatic carbocycles. The number of carboxylic acid groups (broad SMARTS) is 1. The predicted octanol–water partition coefficient (Wildman–Crippen LogP) is 2.52. The highest BCUT2D eigenvalue weighted by molar-refractivity contribution is 7.89. The molecule has 1 saturated heterocycles. The number of benzene rings is 1. The van der Waals surface area contributed by atoms with Crippen LogP contribution < -0.4 is 0 Å². The molecule has 1 aliphatic rings. The van der Waals surface area contributed by atoms with E-state index in [4.69, 9.17) is 11.6 Å². The Balaban J connectivity index is 2.37. The SMILES string of the molecule is Cc1cc(Cl)ccc1S(=O)(=O)N1CCCC(C)(C(=O)O)C1. The van der Waals surface area contributed by atoms with E-state index in [9.17, 15) is 18.3 Å². The lowest BCUT2D eigenvalue weighted by Crippen LogP contribution is -2.48. The summed E-state index contributed by atoms with van der Waals surface area (Å²) in [5.74, 6) is -0.963. The zero-order valence-corrected chi connectivity index (χ0v) is 13.5. The Morgan fingerprint density at radius 2 is 2.10 bits per heavy atom. The number of hydrogen-bond acceptors (Lipinski definition) is 3. The van der Waals surface area contributed by atoms with Crippen LogP contribution in [-0.4, -0.2) is 36.9 Å². The van der Waals surface area contributed by atoms with Crippen molar-refractivity contribution in [3.8, 4) is 0 Å². The number of carbonyl (C=O) groups is 1. The first-order chi connectivity index (χ1) is 9.67. The second-order valence-corrected chi connectivity index (χ2v) is 8.06. The van der Waals surface area contributed by atoms with Crippen LogP contribution in [0.4, 0.5) is 0 Å². The van der Waals surface area contributed by atoms with E-state index in [-0.39, 0.29) is 11.4 Å². The third-order valence-corrected chi connectivity index (χ3v) is 6.17. The number of rotatable bonds is 3. The topological polar surface area (TPSA) is 74.7 Å². The van der Waals surface area contributed by atoms with Gasteiger partial charge in [-0.15, -0.1) is 0 Å². The van der Waals surface area contributed by atoms with E-state index >= 15 is 0 Å². The molecule has 0 saturated carbocycles. The molecule has 1 atom stereocenters. The van der Waals surface area contributed by atoms with Gasteiger partial charge in [-0.2, -0.15) is 4.31 Å². The van der Waals surface area contributed by atoms with Crippen LogP contribution in [0.5, 0.6) is 0 Å². The van der Waals surface area contributed by atoms with Crippen LogP contribution in [0, 0.1) is 12.3 Å². The van der Waals surface area contributed by atoms with Crippen LogP contribution in [-0.2, 0) is 14.8 Å². The molecule has 1 heterocycles. The molecule has 0 amide bonds. The summed E-state index contributed by atoms with van der Waals surface area (Å²) in [6, 6.07) is 4.59. The van der Waals surface area contributed by atoms with Crippen molar-refractivity contribution in [2.24, 2.45) is 5.41 Å². The average Bonchev–Trinajstić information content (AvgIpc) is 2.38. The second kappa shape index (κ2) is 5.59. The number of hydrogen-bond donors (Lipinski definition) is 1. The summed E-state index contributed by atoms with van der Waals surface area (Å²) in [7, 11) is -3.70. The molecule has 2 rings (SSSR count). The highest BCUT2D eigenvalue weighted by Gasteiger charge is 2.42. The lowest BCUT2D eigenvalue weighted by Gasteiger charge is -2.36. The Kier molecular flexibility index (Phi) is 4.33. The van der Waals surface area contributed by atoms with E-state index in [2.05, 4.69) is 0 Å². The molecule has 1 N–H and O–H groups in total. The van der Waals surface area contributed by atoms with E-state index < -0.39 is 21.4 Å². The number of halogens is 1. The van der Waals surface area contributed by atoms with Crippen LogP contribution >= 0.6 is 11.6 Å².